The lowest BCUT2D eigenvalue weighted by Gasteiger charge is -2.08. The molecular weight excluding hydrogens is 321 g/mol. The van der Waals surface area contributed by atoms with Crippen LogP contribution in [0, 0.1) is 4.77 Å². The van der Waals surface area contributed by atoms with Crippen LogP contribution in [0.2, 0.25) is 10.0 Å². The van der Waals surface area contributed by atoms with Gasteiger partial charge in [-0.1, -0.05) is 29.3 Å². The van der Waals surface area contributed by atoms with Gasteiger partial charge in [0.2, 0.25) is 0 Å². The third-order valence-corrected chi connectivity index (χ3v) is 4.24. The zero-order valence-electron chi connectivity index (χ0n) is 9.43. The van der Waals surface area contributed by atoms with Crippen LogP contribution in [-0.4, -0.2) is 14.8 Å². The molecule has 0 radical (unpaired) electrons. The molecule has 0 bridgehead atoms. The van der Waals surface area contributed by atoms with E-state index in [2.05, 4.69) is 10.2 Å². The average Bonchev–Trinajstić information content (AvgIpc) is 2.99. The van der Waals surface area contributed by atoms with E-state index in [1.165, 1.54) is 0 Å². The van der Waals surface area contributed by atoms with Crippen LogP contribution >= 0.6 is 46.8 Å². The van der Waals surface area contributed by atoms with E-state index in [1.807, 2.05) is 23.6 Å². The first-order valence-corrected chi connectivity index (χ1v) is 7.38. The molecule has 0 saturated heterocycles. The summed E-state index contributed by atoms with van der Waals surface area (Å²) >= 11 is 19.0. The van der Waals surface area contributed by atoms with Gasteiger partial charge < -0.3 is 0 Å². The van der Waals surface area contributed by atoms with Crippen molar-refractivity contribution in [2.75, 3.05) is 0 Å². The van der Waals surface area contributed by atoms with E-state index in [4.69, 9.17) is 35.4 Å². The van der Waals surface area contributed by atoms with Crippen LogP contribution in [-0.2, 0) is 0 Å². The van der Waals surface area contributed by atoms with Crippen LogP contribution in [0.15, 0.2) is 35.7 Å². The number of aromatic amines is 1. The Bertz CT molecular complexity index is 775. The highest BCUT2D eigenvalue weighted by molar-refractivity contribution is 7.71. The second kappa shape index (κ2) is 5.09. The minimum absolute atomic E-state index is 0.493. The zero-order chi connectivity index (χ0) is 13.4. The van der Waals surface area contributed by atoms with Crippen LogP contribution in [0.25, 0.3) is 16.4 Å². The molecule has 0 saturated carbocycles. The summed E-state index contributed by atoms with van der Waals surface area (Å²) in [5.41, 5.74) is 0.758. The Morgan fingerprint density at radius 3 is 2.79 bits per heavy atom. The van der Waals surface area contributed by atoms with E-state index >= 15 is 0 Å². The molecule has 3 aromatic rings. The molecule has 0 aliphatic heterocycles. The van der Waals surface area contributed by atoms with Gasteiger partial charge in [-0.05, 0) is 41.9 Å². The predicted octanol–water partition coefficient (Wildman–Crippen LogP) is 4.97. The minimum atomic E-state index is 0.493. The molecular formula is C12H7Cl2N3S2. The van der Waals surface area contributed by atoms with Crippen molar-refractivity contribution < 1.29 is 0 Å². The van der Waals surface area contributed by atoms with E-state index in [9.17, 15) is 0 Å². The first kappa shape index (κ1) is 12.9. The van der Waals surface area contributed by atoms with Gasteiger partial charge in [-0.25, -0.2) is 0 Å². The molecule has 0 aliphatic carbocycles. The van der Waals surface area contributed by atoms with Crippen molar-refractivity contribution in [1.29, 1.82) is 0 Å². The topological polar surface area (TPSA) is 33.6 Å². The van der Waals surface area contributed by atoms with Crippen LogP contribution in [0.1, 0.15) is 0 Å². The maximum atomic E-state index is 6.24. The third-order valence-electron chi connectivity index (χ3n) is 2.56. The summed E-state index contributed by atoms with van der Waals surface area (Å²) in [4.78, 5) is 1.01. The van der Waals surface area contributed by atoms with Crippen molar-refractivity contribution in [3.05, 3.63) is 50.5 Å². The molecule has 0 amide bonds. The van der Waals surface area contributed by atoms with Gasteiger partial charge in [0.25, 0.3) is 0 Å². The lowest BCUT2D eigenvalue weighted by molar-refractivity contribution is 1.04. The molecule has 96 valence electrons. The highest BCUT2D eigenvalue weighted by atomic mass is 35.5. The monoisotopic (exact) mass is 327 g/mol. The maximum absolute atomic E-state index is 6.24. The van der Waals surface area contributed by atoms with Gasteiger partial charge in [0.05, 0.1) is 15.6 Å². The summed E-state index contributed by atoms with van der Waals surface area (Å²) in [7, 11) is 0. The molecule has 3 rings (SSSR count). The SMILES string of the molecule is S=c1[nH]nc(-c2cccs2)n1-c1ccc(Cl)cc1Cl. The van der Waals surface area contributed by atoms with E-state index in [0.29, 0.717) is 14.8 Å². The fourth-order valence-corrected chi connectivity index (χ4v) is 3.18. The van der Waals surface area contributed by atoms with E-state index < -0.39 is 0 Å². The van der Waals surface area contributed by atoms with Gasteiger partial charge in [-0.15, -0.1) is 11.3 Å². The highest BCUT2D eigenvalue weighted by Gasteiger charge is 2.14. The van der Waals surface area contributed by atoms with Crippen molar-refractivity contribution in [3.63, 3.8) is 0 Å². The van der Waals surface area contributed by atoms with Crippen molar-refractivity contribution in [2.45, 2.75) is 0 Å². The Morgan fingerprint density at radius 1 is 1.26 bits per heavy atom. The summed E-state index contributed by atoms with van der Waals surface area (Å²) < 4.78 is 2.30. The Kier molecular flexibility index (Phi) is 3.45. The summed E-state index contributed by atoms with van der Waals surface area (Å²) in [6.45, 7) is 0. The second-order valence-electron chi connectivity index (χ2n) is 3.76. The summed E-state index contributed by atoms with van der Waals surface area (Å²) in [6.07, 6.45) is 0. The fourth-order valence-electron chi connectivity index (χ4n) is 1.75. The van der Waals surface area contributed by atoms with Crippen LogP contribution in [0.5, 0.6) is 0 Å². The lowest BCUT2D eigenvalue weighted by Crippen LogP contribution is -1.97. The number of aromatic nitrogens is 3. The highest BCUT2D eigenvalue weighted by Crippen LogP contribution is 2.30. The molecule has 0 aliphatic rings. The van der Waals surface area contributed by atoms with E-state index in [1.54, 1.807) is 28.0 Å². The number of nitrogens with zero attached hydrogens (tertiary/aromatic N) is 2. The number of nitrogens with one attached hydrogen (secondary N) is 1. The number of rotatable bonds is 2. The first-order chi connectivity index (χ1) is 9.16. The number of thiophene rings is 1. The normalized spacial score (nSPS) is 10.8. The second-order valence-corrected chi connectivity index (χ2v) is 5.94. The number of hydrogen-bond acceptors (Lipinski definition) is 3. The standard InChI is InChI=1S/C12H7Cl2N3S2/c13-7-3-4-9(8(14)6-7)17-11(15-16-12(17)18)10-2-1-5-19-10/h1-6H,(H,16,18). The molecule has 7 heteroatoms. The summed E-state index contributed by atoms with van der Waals surface area (Å²) in [5, 5.41) is 10.2. The van der Waals surface area contributed by atoms with Crippen LogP contribution < -0.4 is 0 Å². The Hall–Kier alpha value is -1.14. The molecule has 0 spiro atoms. The molecule has 0 unspecified atom stereocenters. The third kappa shape index (κ3) is 2.34. The maximum Gasteiger partial charge on any atom is 0.200 e. The minimum Gasteiger partial charge on any atom is -0.266 e. The molecule has 3 nitrogen and oxygen atoms in total. The largest absolute Gasteiger partial charge is 0.266 e. The molecule has 1 N–H and O–H groups in total. The molecule has 2 aromatic heterocycles. The number of H-pyrrole nitrogens is 1. The van der Waals surface area contributed by atoms with Crippen molar-refractivity contribution in [1.82, 2.24) is 14.8 Å². The van der Waals surface area contributed by atoms with Crippen molar-refractivity contribution >= 4 is 46.8 Å². The fraction of sp³-hybridized carbons (Fsp3) is 0. The van der Waals surface area contributed by atoms with Gasteiger partial charge in [0.1, 0.15) is 0 Å². The van der Waals surface area contributed by atoms with E-state index in [0.717, 1.165) is 16.4 Å². The van der Waals surface area contributed by atoms with Crippen molar-refractivity contribution in [2.24, 2.45) is 0 Å². The summed E-state index contributed by atoms with van der Waals surface area (Å²) in [6, 6.07) is 9.23. The van der Waals surface area contributed by atoms with Crippen molar-refractivity contribution in [3.8, 4) is 16.4 Å². The zero-order valence-corrected chi connectivity index (χ0v) is 12.6. The van der Waals surface area contributed by atoms with Gasteiger partial charge in [0, 0.05) is 5.02 Å². The van der Waals surface area contributed by atoms with Gasteiger partial charge in [0.15, 0.2) is 10.6 Å². The van der Waals surface area contributed by atoms with Crippen LogP contribution in [0.4, 0.5) is 0 Å². The Labute approximate surface area is 128 Å². The lowest BCUT2D eigenvalue weighted by atomic mass is 10.3. The number of halogens is 2. The molecule has 0 fully saturated rings. The van der Waals surface area contributed by atoms with E-state index in [-0.39, 0.29) is 0 Å². The van der Waals surface area contributed by atoms with Crippen LogP contribution in [0.3, 0.4) is 0 Å². The smallest absolute Gasteiger partial charge is 0.200 e. The summed E-state index contributed by atoms with van der Waals surface area (Å²) in [5.74, 6) is 0.740. The molecule has 0 atom stereocenters. The number of benzene rings is 1. The average molecular weight is 328 g/mol. The van der Waals surface area contributed by atoms with Gasteiger partial charge in [-0.2, -0.15) is 5.10 Å². The predicted molar refractivity (Wildman–Crippen MR) is 82.1 cm³/mol. The number of hydrogen-bond donors (Lipinski definition) is 1. The van der Waals surface area contributed by atoms with Gasteiger partial charge in [-0.3, -0.25) is 9.67 Å². The van der Waals surface area contributed by atoms with Gasteiger partial charge >= 0.3 is 0 Å². The first-order valence-electron chi connectivity index (χ1n) is 5.33. The molecule has 19 heavy (non-hydrogen) atoms. The quantitative estimate of drug-likeness (QED) is 0.674. The molecule has 2 heterocycles. The molecule has 1 aromatic carbocycles. The Morgan fingerprint density at radius 2 is 2.11 bits per heavy atom. The Balaban J connectivity index is 2.26.